The van der Waals surface area contributed by atoms with Crippen molar-refractivity contribution >= 4 is 34.5 Å². The van der Waals surface area contributed by atoms with Crippen molar-refractivity contribution in [2.75, 3.05) is 6.61 Å². The molecule has 1 rings (SSSR count). The van der Waals surface area contributed by atoms with Gasteiger partial charge >= 0.3 is 5.97 Å². The Morgan fingerprint density at radius 3 is 2.62 bits per heavy atom. The third-order valence-electron chi connectivity index (χ3n) is 1.87. The van der Waals surface area contributed by atoms with Gasteiger partial charge in [-0.05, 0) is 40.8 Å². The van der Waals surface area contributed by atoms with Crippen molar-refractivity contribution in [2.24, 2.45) is 0 Å². The van der Waals surface area contributed by atoms with Gasteiger partial charge in [-0.15, -0.1) is 0 Å². The molecule has 3 N–H and O–H groups in total. The fraction of sp³-hybridized carbons (Fsp3) is 0.200. The molecule has 0 aromatic heterocycles. The average molecular weight is 335 g/mol. The van der Waals surface area contributed by atoms with Gasteiger partial charge in [-0.3, -0.25) is 4.79 Å². The SMILES string of the molecule is O=C(N[C@H](CO)C(=O)O)c1cccc(I)c1. The van der Waals surface area contributed by atoms with Crippen LogP contribution in [0, 0.1) is 3.57 Å². The third kappa shape index (κ3) is 3.46. The highest BCUT2D eigenvalue weighted by atomic mass is 127. The van der Waals surface area contributed by atoms with E-state index in [1.54, 1.807) is 18.2 Å². The predicted molar refractivity (Wildman–Crippen MR) is 65.1 cm³/mol. The second kappa shape index (κ2) is 5.80. The van der Waals surface area contributed by atoms with Crippen LogP contribution in [0.4, 0.5) is 0 Å². The Labute approximate surface area is 106 Å². The van der Waals surface area contributed by atoms with Gasteiger partial charge < -0.3 is 15.5 Å². The van der Waals surface area contributed by atoms with Crippen molar-refractivity contribution in [1.82, 2.24) is 5.32 Å². The first-order valence-electron chi connectivity index (χ1n) is 4.44. The summed E-state index contributed by atoms with van der Waals surface area (Å²) in [5.41, 5.74) is 0.367. The molecule has 0 saturated heterocycles. The number of amides is 1. The normalized spacial score (nSPS) is 11.9. The number of aliphatic hydroxyl groups is 1. The third-order valence-corrected chi connectivity index (χ3v) is 2.54. The van der Waals surface area contributed by atoms with Crippen molar-refractivity contribution in [3.63, 3.8) is 0 Å². The van der Waals surface area contributed by atoms with Gasteiger partial charge in [0, 0.05) is 9.13 Å². The zero-order valence-electron chi connectivity index (χ0n) is 8.18. The molecule has 0 aliphatic carbocycles. The lowest BCUT2D eigenvalue weighted by Gasteiger charge is -2.11. The van der Waals surface area contributed by atoms with Crippen LogP contribution in [0.2, 0.25) is 0 Å². The molecule has 0 unspecified atom stereocenters. The van der Waals surface area contributed by atoms with Crippen LogP contribution in [-0.4, -0.2) is 34.7 Å². The van der Waals surface area contributed by atoms with Crippen LogP contribution in [0.25, 0.3) is 0 Å². The molecule has 0 spiro atoms. The summed E-state index contributed by atoms with van der Waals surface area (Å²) in [4.78, 5) is 22.2. The molecule has 0 fully saturated rings. The van der Waals surface area contributed by atoms with Crippen molar-refractivity contribution in [3.8, 4) is 0 Å². The van der Waals surface area contributed by atoms with Crippen LogP contribution in [0.3, 0.4) is 0 Å². The Bertz CT molecular complexity index is 408. The zero-order chi connectivity index (χ0) is 12.1. The van der Waals surface area contributed by atoms with Crippen molar-refractivity contribution in [3.05, 3.63) is 33.4 Å². The van der Waals surface area contributed by atoms with E-state index in [9.17, 15) is 9.59 Å². The molecule has 1 aromatic carbocycles. The maximum Gasteiger partial charge on any atom is 0.328 e. The first-order chi connectivity index (χ1) is 7.54. The number of nitrogens with one attached hydrogen (secondary N) is 1. The van der Waals surface area contributed by atoms with E-state index in [1.165, 1.54) is 0 Å². The van der Waals surface area contributed by atoms with E-state index < -0.39 is 24.5 Å². The zero-order valence-corrected chi connectivity index (χ0v) is 10.3. The molecular weight excluding hydrogens is 325 g/mol. The number of carboxylic acids is 1. The second-order valence-electron chi connectivity index (χ2n) is 3.06. The number of hydrogen-bond acceptors (Lipinski definition) is 3. The summed E-state index contributed by atoms with van der Waals surface area (Å²) >= 11 is 2.05. The van der Waals surface area contributed by atoms with Crippen molar-refractivity contribution < 1.29 is 19.8 Å². The minimum absolute atomic E-state index is 0.367. The molecule has 0 aliphatic rings. The summed E-state index contributed by atoms with van der Waals surface area (Å²) < 4.78 is 0.876. The van der Waals surface area contributed by atoms with Crippen molar-refractivity contribution in [1.29, 1.82) is 0 Å². The minimum atomic E-state index is -1.27. The topological polar surface area (TPSA) is 86.6 Å². The van der Waals surface area contributed by atoms with Crippen LogP contribution >= 0.6 is 22.6 Å². The minimum Gasteiger partial charge on any atom is -0.480 e. The number of hydrogen-bond donors (Lipinski definition) is 3. The molecule has 16 heavy (non-hydrogen) atoms. The van der Waals surface area contributed by atoms with E-state index in [2.05, 4.69) is 5.32 Å². The van der Waals surface area contributed by atoms with Crippen LogP contribution < -0.4 is 5.32 Å². The van der Waals surface area contributed by atoms with E-state index in [-0.39, 0.29) is 0 Å². The highest BCUT2D eigenvalue weighted by Crippen LogP contribution is 2.07. The van der Waals surface area contributed by atoms with E-state index in [0.29, 0.717) is 5.56 Å². The number of aliphatic carboxylic acids is 1. The summed E-state index contributed by atoms with van der Waals surface area (Å²) in [6.45, 7) is -0.634. The summed E-state index contributed by atoms with van der Waals surface area (Å²) in [7, 11) is 0. The standard InChI is InChI=1S/C10H10INO4/c11-7-3-1-2-6(4-7)9(14)12-8(5-13)10(15)16/h1-4,8,13H,5H2,(H,12,14)(H,15,16)/t8-/m1/s1. The monoisotopic (exact) mass is 335 g/mol. The highest BCUT2D eigenvalue weighted by molar-refractivity contribution is 14.1. The Balaban J connectivity index is 2.75. The molecule has 0 aliphatic heterocycles. The Morgan fingerprint density at radius 1 is 1.44 bits per heavy atom. The first-order valence-corrected chi connectivity index (χ1v) is 5.52. The molecule has 5 nitrogen and oxygen atoms in total. The summed E-state index contributed by atoms with van der Waals surface area (Å²) in [5.74, 6) is -1.78. The Hall–Kier alpha value is -1.15. The molecular formula is C10H10INO4. The maximum atomic E-state index is 11.6. The lowest BCUT2D eigenvalue weighted by Crippen LogP contribution is -2.43. The van der Waals surface area contributed by atoms with Gasteiger partial charge in [-0.1, -0.05) is 6.07 Å². The number of rotatable bonds is 4. The van der Waals surface area contributed by atoms with Gasteiger partial charge in [0.1, 0.15) is 0 Å². The fourth-order valence-corrected chi connectivity index (χ4v) is 1.60. The van der Waals surface area contributed by atoms with Gasteiger partial charge in [0.05, 0.1) is 6.61 Å². The smallest absolute Gasteiger partial charge is 0.328 e. The molecule has 0 saturated carbocycles. The number of carboxylic acid groups (broad SMARTS) is 1. The Morgan fingerprint density at radius 2 is 2.12 bits per heavy atom. The van der Waals surface area contributed by atoms with Gasteiger partial charge in [-0.2, -0.15) is 0 Å². The molecule has 1 aromatic rings. The number of halogens is 1. The van der Waals surface area contributed by atoms with Gasteiger partial charge in [0.25, 0.3) is 5.91 Å². The van der Waals surface area contributed by atoms with Gasteiger partial charge in [-0.25, -0.2) is 4.79 Å². The largest absolute Gasteiger partial charge is 0.480 e. The number of aliphatic hydroxyl groups excluding tert-OH is 1. The highest BCUT2D eigenvalue weighted by Gasteiger charge is 2.19. The average Bonchev–Trinajstić information content (AvgIpc) is 2.25. The van der Waals surface area contributed by atoms with Gasteiger partial charge in [0.15, 0.2) is 6.04 Å². The lowest BCUT2D eigenvalue weighted by molar-refractivity contribution is -0.140. The van der Waals surface area contributed by atoms with Gasteiger partial charge in [0.2, 0.25) is 0 Å². The lowest BCUT2D eigenvalue weighted by atomic mass is 10.2. The van der Waals surface area contributed by atoms with Crippen LogP contribution in [-0.2, 0) is 4.79 Å². The van der Waals surface area contributed by atoms with Crippen molar-refractivity contribution in [2.45, 2.75) is 6.04 Å². The number of carbonyl (C=O) groups excluding carboxylic acids is 1. The fourth-order valence-electron chi connectivity index (χ4n) is 1.06. The summed E-state index contributed by atoms with van der Waals surface area (Å²) in [6.07, 6.45) is 0. The molecule has 0 radical (unpaired) electrons. The van der Waals surface area contributed by atoms with E-state index in [1.807, 2.05) is 28.7 Å². The summed E-state index contributed by atoms with van der Waals surface area (Å²) in [6, 6.07) is 5.45. The molecule has 1 atom stereocenters. The molecule has 1 amide bonds. The van der Waals surface area contributed by atoms with E-state index >= 15 is 0 Å². The summed E-state index contributed by atoms with van der Waals surface area (Å²) in [5, 5.41) is 19.6. The molecule has 86 valence electrons. The molecule has 0 bridgehead atoms. The second-order valence-corrected chi connectivity index (χ2v) is 4.30. The number of benzene rings is 1. The quantitative estimate of drug-likeness (QED) is 0.698. The molecule has 6 heteroatoms. The molecule has 0 heterocycles. The first kappa shape index (κ1) is 12.9. The predicted octanol–water partition coefficient (Wildman–Crippen LogP) is 0.466. The Kier molecular flexibility index (Phi) is 4.69. The maximum absolute atomic E-state index is 11.6. The van der Waals surface area contributed by atoms with E-state index in [0.717, 1.165) is 3.57 Å². The van der Waals surface area contributed by atoms with Crippen LogP contribution in [0.1, 0.15) is 10.4 Å². The van der Waals surface area contributed by atoms with Crippen LogP contribution in [0.5, 0.6) is 0 Å². The van der Waals surface area contributed by atoms with E-state index in [4.69, 9.17) is 10.2 Å². The number of carbonyl (C=O) groups is 2. The van der Waals surface area contributed by atoms with Crippen LogP contribution in [0.15, 0.2) is 24.3 Å².